The molecule has 0 amide bonds. The molecule has 3 heteroatoms. The Balaban J connectivity index is 2.96. The van der Waals surface area contributed by atoms with Gasteiger partial charge in [-0.15, -0.1) is 0 Å². The third-order valence-corrected chi connectivity index (χ3v) is 1.98. The highest BCUT2D eigenvalue weighted by atomic mass is 14.7. The summed E-state index contributed by atoms with van der Waals surface area (Å²) < 4.78 is 0. The van der Waals surface area contributed by atoms with Gasteiger partial charge in [0, 0.05) is 25.0 Å². The fraction of sp³-hybridized carbons (Fsp3) is 0.444. The summed E-state index contributed by atoms with van der Waals surface area (Å²) in [7, 11) is 0. The minimum atomic E-state index is -0.0753. The fourth-order valence-electron chi connectivity index (χ4n) is 1.22. The number of aryl methyl sites for hydroxylation is 1. The van der Waals surface area contributed by atoms with Gasteiger partial charge in [0.05, 0.1) is 0 Å². The summed E-state index contributed by atoms with van der Waals surface area (Å²) in [6, 6.07) is 1.92. The van der Waals surface area contributed by atoms with Crippen molar-refractivity contribution < 1.29 is 0 Å². The van der Waals surface area contributed by atoms with Gasteiger partial charge in [-0.2, -0.15) is 0 Å². The number of aromatic nitrogens is 1. The summed E-state index contributed by atoms with van der Waals surface area (Å²) in [5.74, 6) is 0. The Bertz CT molecular complexity index is 247. The Morgan fingerprint density at radius 3 is 2.92 bits per heavy atom. The highest BCUT2D eigenvalue weighted by Gasteiger charge is 2.07. The van der Waals surface area contributed by atoms with Crippen LogP contribution in [0.2, 0.25) is 0 Å². The van der Waals surface area contributed by atoms with E-state index >= 15 is 0 Å². The summed E-state index contributed by atoms with van der Waals surface area (Å²) in [5.41, 5.74) is 13.6. The molecule has 1 rings (SSSR count). The maximum Gasteiger partial charge on any atom is 0.0437 e. The number of hydrogen-bond acceptors (Lipinski definition) is 3. The molecule has 0 fully saturated rings. The molecule has 66 valence electrons. The number of rotatable bonds is 3. The maximum absolute atomic E-state index is 5.81. The number of pyridine rings is 1. The van der Waals surface area contributed by atoms with Crippen molar-refractivity contribution in [3.8, 4) is 0 Å². The lowest BCUT2D eigenvalue weighted by Gasteiger charge is -2.12. The quantitative estimate of drug-likeness (QED) is 0.689. The predicted octanol–water partition coefficient (Wildman–Crippen LogP) is 0.603. The van der Waals surface area contributed by atoms with E-state index in [9.17, 15) is 0 Å². The van der Waals surface area contributed by atoms with E-state index in [1.807, 2.05) is 6.07 Å². The molecule has 12 heavy (non-hydrogen) atoms. The first-order valence-electron chi connectivity index (χ1n) is 4.18. The summed E-state index contributed by atoms with van der Waals surface area (Å²) >= 11 is 0. The van der Waals surface area contributed by atoms with Gasteiger partial charge < -0.3 is 11.5 Å². The van der Waals surface area contributed by atoms with E-state index in [1.165, 1.54) is 5.56 Å². The van der Waals surface area contributed by atoms with Gasteiger partial charge in [-0.05, 0) is 23.6 Å². The number of hydrogen-bond donors (Lipinski definition) is 2. The maximum atomic E-state index is 5.81. The van der Waals surface area contributed by atoms with E-state index in [0.717, 1.165) is 12.0 Å². The molecule has 1 aromatic heterocycles. The Labute approximate surface area is 72.8 Å². The zero-order chi connectivity index (χ0) is 8.97. The molecular formula is C9H15N3. The van der Waals surface area contributed by atoms with E-state index in [2.05, 4.69) is 11.9 Å². The molecular weight excluding hydrogens is 150 g/mol. The lowest BCUT2D eigenvalue weighted by molar-refractivity contribution is 0.722. The van der Waals surface area contributed by atoms with E-state index in [0.29, 0.717) is 6.54 Å². The van der Waals surface area contributed by atoms with Crippen LogP contribution in [-0.4, -0.2) is 11.5 Å². The largest absolute Gasteiger partial charge is 0.329 e. The normalized spacial score (nSPS) is 12.9. The topological polar surface area (TPSA) is 64.9 Å². The first-order valence-corrected chi connectivity index (χ1v) is 4.18. The van der Waals surface area contributed by atoms with Gasteiger partial charge >= 0.3 is 0 Å². The molecule has 0 spiro atoms. The van der Waals surface area contributed by atoms with Crippen LogP contribution in [0.5, 0.6) is 0 Å². The van der Waals surface area contributed by atoms with E-state index in [4.69, 9.17) is 11.5 Å². The van der Waals surface area contributed by atoms with E-state index in [-0.39, 0.29) is 6.04 Å². The third kappa shape index (κ3) is 1.81. The highest BCUT2D eigenvalue weighted by molar-refractivity contribution is 5.26. The number of nitrogens with zero attached hydrogens (tertiary/aromatic N) is 1. The lowest BCUT2D eigenvalue weighted by atomic mass is 10.0. The Kier molecular flexibility index (Phi) is 3.19. The molecule has 0 aliphatic rings. The van der Waals surface area contributed by atoms with Crippen LogP contribution in [0.1, 0.15) is 24.1 Å². The molecule has 0 aliphatic carbocycles. The second-order valence-electron chi connectivity index (χ2n) is 2.77. The lowest BCUT2D eigenvalue weighted by Crippen LogP contribution is -2.22. The minimum Gasteiger partial charge on any atom is -0.329 e. The molecule has 1 aromatic rings. The number of nitrogens with two attached hydrogens (primary N) is 2. The standard InChI is InChI=1S/C9H15N3/c1-2-7-3-4-12-6-8(7)9(11)5-10/h3-4,6,9H,2,5,10-11H2,1H3. The van der Waals surface area contributed by atoms with E-state index in [1.54, 1.807) is 12.4 Å². The van der Waals surface area contributed by atoms with Gasteiger partial charge in [-0.25, -0.2) is 0 Å². The molecule has 0 aromatic carbocycles. The molecule has 1 atom stereocenters. The third-order valence-electron chi connectivity index (χ3n) is 1.98. The minimum absolute atomic E-state index is 0.0753. The monoisotopic (exact) mass is 165 g/mol. The predicted molar refractivity (Wildman–Crippen MR) is 49.6 cm³/mol. The summed E-state index contributed by atoms with van der Waals surface area (Å²) in [6.07, 6.45) is 4.56. The van der Waals surface area contributed by atoms with Crippen LogP contribution in [0.4, 0.5) is 0 Å². The van der Waals surface area contributed by atoms with Crippen molar-refractivity contribution in [3.05, 3.63) is 29.6 Å². The van der Waals surface area contributed by atoms with Gasteiger partial charge in [0.25, 0.3) is 0 Å². The van der Waals surface area contributed by atoms with Crippen LogP contribution in [0.3, 0.4) is 0 Å². The van der Waals surface area contributed by atoms with Gasteiger partial charge in [-0.3, -0.25) is 4.98 Å². The van der Waals surface area contributed by atoms with Crippen LogP contribution < -0.4 is 11.5 Å². The van der Waals surface area contributed by atoms with Crippen LogP contribution in [0.15, 0.2) is 18.5 Å². The first kappa shape index (κ1) is 9.16. The summed E-state index contributed by atoms with van der Waals surface area (Å²) in [4.78, 5) is 4.03. The van der Waals surface area contributed by atoms with Crippen LogP contribution in [-0.2, 0) is 6.42 Å². The van der Waals surface area contributed by atoms with Gasteiger partial charge in [0.1, 0.15) is 0 Å². The van der Waals surface area contributed by atoms with Crippen molar-refractivity contribution >= 4 is 0 Å². The molecule has 0 bridgehead atoms. The zero-order valence-corrected chi connectivity index (χ0v) is 7.33. The summed E-state index contributed by atoms with van der Waals surface area (Å²) in [6.45, 7) is 2.57. The first-order chi connectivity index (χ1) is 5.79. The smallest absolute Gasteiger partial charge is 0.0437 e. The Hall–Kier alpha value is -0.930. The van der Waals surface area contributed by atoms with Crippen LogP contribution in [0.25, 0.3) is 0 Å². The van der Waals surface area contributed by atoms with Crippen molar-refractivity contribution in [3.63, 3.8) is 0 Å². The van der Waals surface area contributed by atoms with Crippen LogP contribution >= 0.6 is 0 Å². The molecule has 3 nitrogen and oxygen atoms in total. The molecule has 1 unspecified atom stereocenters. The molecule has 4 N–H and O–H groups in total. The highest BCUT2D eigenvalue weighted by Crippen LogP contribution is 2.13. The zero-order valence-electron chi connectivity index (χ0n) is 7.33. The van der Waals surface area contributed by atoms with Gasteiger partial charge in [-0.1, -0.05) is 6.92 Å². The molecule has 0 aliphatic heterocycles. The second-order valence-corrected chi connectivity index (χ2v) is 2.77. The molecule has 0 saturated heterocycles. The molecule has 0 radical (unpaired) electrons. The van der Waals surface area contributed by atoms with Crippen LogP contribution in [0, 0.1) is 0 Å². The Morgan fingerprint density at radius 1 is 1.58 bits per heavy atom. The average molecular weight is 165 g/mol. The molecule has 1 heterocycles. The van der Waals surface area contributed by atoms with E-state index < -0.39 is 0 Å². The fourth-order valence-corrected chi connectivity index (χ4v) is 1.22. The van der Waals surface area contributed by atoms with Crippen molar-refractivity contribution in [2.75, 3.05) is 6.54 Å². The molecule has 0 saturated carbocycles. The van der Waals surface area contributed by atoms with Gasteiger partial charge in [0.2, 0.25) is 0 Å². The average Bonchev–Trinajstić information content (AvgIpc) is 2.16. The van der Waals surface area contributed by atoms with Crippen molar-refractivity contribution in [1.82, 2.24) is 4.98 Å². The summed E-state index contributed by atoms with van der Waals surface area (Å²) in [5, 5.41) is 0. The van der Waals surface area contributed by atoms with Crippen molar-refractivity contribution in [2.24, 2.45) is 11.5 Å². The van der Waals surface area contributed by atoms with Gasteiger partial charge in [0.15, 0.2) is 0 Å². The second kappa shape index (κ2) is 4.18. The SMILES string of the molecule is CCc1ccncc1C(N)CN. The van der Waals surface area contributed by atoms with Crippen molar-refractivity contribution in [2.45, 2.75) is 19.4 Å². The Morgan fingerprint density at radius 2 is 2.33 bits per heavy atom. The van der Waals surface area contributed by atoms with Crippen molar-refractivity contribution in [1.29, 1.82) is 0 Å².